The third-order valence-corrected chi connectivity index (χ3v) is 25.3. The Morgan fingerprint density at radius 1 is 0.238 bits per heavy atom. The van der Waals surface area contributed by atoms with Crippen LogP contribution in [0.2, 0.25) is 0 Å². The molecule has 0 amide bonds. The van der Waals surface area contributed by atoms with Gasteiger partial charge in [0.15, 0.2) is 11.5 Å². The molecule has 634 valence electrons. The first-order valence-corrected chi connectivity index (χ1v) is 43.5. The molecule has 0 atom stereocenters. The highest BCUT2D eigenvalue weighted by atomic mass is 16.5. The van der Waals surface area contributed by atoms with Gasteiger partial charge in [-0.25, -0.2) is 0 Å². The molecule has 13 aromatic rings. The number of aromatic hydroxyl groups is 6. The van der Waals surface area contributed by atoms with Crippen LogP contribution < -0.4 is 9.47 Å². The van der Waals surface area contributed by atoms with Crippen LogP contribution in [0.5, 0.6) is 46.0 Å². The van der Waals surface area contributed by atoms with Crippen molar-refractivity contribution in [2.24, 2.45) is 0 Å². The molecule has 2 aliphatic rings. The molecule has 0 aliphatic heterocycles. The fourth-order valence-corrected chi connectivity index (χ4v) is 17.7. The van der Waals surface area contributed by atoms with Crippen molar-refractivity contribution in [2.45, 2.75) is 274 Å². The average Bonchev–Trinajstić information content (AvgIpc) is 1.21. The van der Waals surface area contributed by atoms with Gasteiger partial charge in [0.05, 0.1) is 0 Å². The van der Waals surface area contributed by atoms with Crippen molar-refractivity contribution >= 4 is 21.5 Å². The van der Waals surface area contributed by atoms with Gasteiger partial charge in [0.2, 0.25) is 0 Å². The average molecular weight is 1630 g/mol. The Kier molecular flexibility index (Phi) is 21.8. The second-order valence-electron chi connectivity index (χ2n) is 43.3. The van der Waals surface area contributed by atoms with E-state index >= 15 is 0 Å². The lowest BCUT2D eigenvalue weighted by Gasteiger charge is -2.27. The van der Waals surface area contributed by atoms with Crippen molar-refractivity contribution in [3.05, 3.63) is 303 Å². The van der Waals surface area contributed by atoms with Crippen LogP contribution in [0.4, 0.5) is 0 Å². The lowest BCUT2D eigenvalue weighted by molar-refractivity contribution is 0.246. The van der Waals surface area contributed by atoms with Crippen LogP contribution in [0.15, 0.2) is 167 Å². The highest BCUT2D eigenvalue weighted by Crippen LogP contribution is 2.50. The van der Waals surface area contributed by atoms with Gasteiger partial charge in [0.25, 0.3) is 0 Å². The fourth-order valence-electron chi connectivity index (χ4n) is 17.7. The van der Waals surface area contributed by atoms with E-state index in [2.05, 4.69) is 287 Å². The van der Waals surface area contributed by atoms with Gasteiger partial charge in [-0.15, -0.1) is 0 Å². The Morgan fingerprint density at radius 3 is 0.557 bits per heavy atom. The topological polar surface area (TPSA) is 192 Å². The summed E-state index contributed by atoms with van der Waals surface area (Å²) in [4.78, 5) is 0. The lowest BCUT2D eigenvalue weighted by Crippen LogP contribution is -2.16. The number of ether oxygens (including phenoxy) is 2. The summed E-state index contributed by atoms with van der Waals surface area (Å²) in [5.41, 5.74) is 21.0. The summed E-state index contributed by atoms with van der Waals surface area (Å²) in [5, 5.41) is 89.8. The Bertz CT molecular complexity index is 5630. The molecule has 2 aliphatic carbocycles. The quantitative estimate of drug-likeness (QED) is 0.0790. The van der Waals surface area contributed by atoms with Crippen LogP contribution in [-0.4, -0.2) is 41.0 Å². The maximum Gasteiger partial charge on any atom is 0.174 e. The van der Waals surface area contributed by atoms with E-state index in [-0.39, 0.29) is 117 Å². The maximum absolute atomic E-state index is 12.8. The summed E-state index contributed by atoms with van der Waals surface area (Å²) in [6, 6.07) is 54.6. The van der Waals surface area contributed by atoms with Gasteiger partial charge in [0, 0.05) is 74.6 Å². The van der Waals surface area contributed by atoms with Crippen molar-refractivity contribution in [1.29, 1.82) is 0 Å². The number of nitrogens with zero attached hydrogens (tertiary/aromatic N) is 2. The maximum atomic E-state index is 12.8. The molecular formula is C110H124N2O10. The van der Waals surface area contributed by atoms with E-state index in [4.69, 9.17) is 28.8 Å². The van der Waals surface area contributed by atoms with Gasteiger partial charge in [-0.3, -0.25) is 0 Å². The molecule has 6 N–H and O–H groups in total. The monoisotopic (exact) mass is 1630 g/mol. The Hall–Kier alpha value is -11.2. The van der Waals surface area contributed by atoms with Gasteiger partial charge >= 0.3 is 0 Å². The zero-order valence-corrected chi connectivity index (χ0v) is 76.3. The number of aromatic nitrogens is 2. The third kappa shape index (κ3) is 17.2. The third-order valence-electron chi connectivity index (χ3n) is 25.3. The molecule has 0 saturated heterocycles. The highest BCUT2D eigenvalue weighted by molar-refractivity contribution is 6.20. The minimum absolute atomic E-state index is 0.00656. The van der Waals surface area contributed by atoms with Crippen molar-refractivity contribution in [3.63, 3.8) is 0 Å². The minimum atomic E-state index is -0.323. The Balaban J connectivity index is 0.815. The first-order valence-electron chi connectivity index (χ1n) is 43.5. The molecular weight excluding hydrogens is 1510 g/mol. The van der Waals surface area contributed by atoms with Crippen molar-refractivity contribution in [3.8, 4) is 68.5 Å². The van der Waals surface area contributed by atoms with E-state index < -0.39 is 0 Å². The molecule has 16 bridgehead atoms. The molecule has 0 radical (unpaired) electrons. The normalized spacial score (nSPS) is 13.9. The van der Waals surface area contributed by atoms with E-state index in [0.717, 1.165) is 122 Å². The first-order chi connectivity index (χ1) is 56.9. The van der Waals surface area contributed by atoms with Gasteiger partial charge in [-0.1, -0.05) is 322 Å². The summed E-state index contributed by atoms with van der Waals surface area (Å²) in [5.74, 6) is 3.20. The van der Waals surface area contributed by atoms with Crippen LogP contribution in [0, 0.1) is 0 Å². The van der Waals surface area contributed by atoms with Gasteiger partial charge in [0.1, 0.15) is 70.6 Å². The molecule has 122 heavy (non-hydrogen) atoms. The zero-order valence-electron chi connectivity index (χ0n) is 76.3. The summed E-state index contributed by atoms with van der Waals surface area (Å²) >= 11 is 0. The minimum Gasteiger partial charge on any atom is -0.507 e. The summed E-state index contributed by atoms with van der Waals surface area (Å²) in [7, 11) is 0. The lowest BCUT2D eigenvalue weighted by atomic mass is 9.79. The van der Waals surface area contributed by atoms with E-state index in [1.54, 1.807) is 0 Å². The van der Waals surface area contributed by atoms with Gasteiger partial charge < -0.3 is 49.2 Å². The van der Waals surface area contributed by atoms with Crippen molar-refractivity contribution < 1.29 is 49.2 Å². The van der Waals surface area contributed by atoms with Crippen LogP contribution in [0.25, 0.3) is 44.1 Å². The largest absolute Gasteiger partial charge is 0.507 e. The molecule has 2 heterocycles. The predicted octanol–water partition coefficient (Wildman–Crippen LogP) is 26.4. The standard InChI is InChI=1S/C110H124N2O10/c1-103(2,3)77-41-61-33-65-45-79(105(7,8)9)49-69(97(65)115)37-73-53-83(109(19,20)21)54-74(38-70-50-80(106(10,11)12)46-66(98(70)116)34-62(42-77)95(61)113)101(73)119-59-85-57-91(111-121-85)93-87-29-25-27-31-89(87)94(90-32-28-26-30-88(90)93)92-58-86(122-112-92)60-120-102-75-39-71-51-81(107(13,14)15)47-67(99(71)117)35-63-43-78(104(4,5)6)44-64(96(63)114)36-68-48-82(108(16,17)18)52-72(100(68)118)40-76(102)56-84(55-75)110(22,23)24/h25-32,41-58,113-118H,33-40,59-60H2,1-24H3. The second-order valence-corrected chi connectivity index (χ2v) is 43.3. The number of phenols is 6. The predicted molar refractivity (Wildman–Crippen MR) is 495 cm³/mol. The van der Waals surface area contributed by atoms with Gasteiger partial charge in [-0.2, -0.15) is 0 Å². The molecule has 12 nitrogen and oxygen atoms in total. The van der Waals surface area contributed by atoms with Crippen molar-refractivity contribution in [1.82, 2.24) is 10.3 Å². The van der Waals surface area contributed by atoms with Gasteiger partial charge in [-0.05, 0) is 198 Å². The molecule has 0 saturated carbocycles. The molecule has 0 spiro atoms. The van der Waals surface area contributed by atoms with Crippen LogP contribution >= 0.6 is 0 Å². The second kappa shape index (κ2) is 31.0. The van der Waals surface area contributed by atoms with Crippen LogP contribution in [-0.2, 0) is 108 Å². The number of phenolic OH excluding ortho intramolecular Hbond substituents is 6. The molecule has 2 aromatic heterocycles. The van der Waals surface area contributed by atoms with E-state index in [9.17, 15) is 30.6 Å². The fraction of sp³-hybridized carbons (Fsp3) is 0.382. The molecule has 0 fully saturated rings. The summed E-state index contributed by atoms with van der Waals surface area (Å²) in [6.07, 6.45) is 2.30. The smallest absolute Gasteiger partial charge is 0.174 e. The molecule has 11 aromatic carbocycles. The first kappa shape index (κ1) is 85.7. The van der Waals surface area contributed by atoms with Crippen molar-refractivity contribution in [2.75, 3.05) is 0 Å². The number of fused-ring (bicyclic) bond motifs is 18. The summed E-state index contributed by atoms with van der Waals surface area (Å²) in [6.45, 7) is 52.5. The number of hydrogen-bond acceptors (Lipinski definition) is 12. The molecule has 15 rings (SSSR count). The zero-order chi connectivity index (χ0) is 87.9. The Morgan fingerprint density at radius 2 is 0.393 bits per heavy atom. The summed E-state index contributed by atoms with van der Waals surface area (Å²) < 4.78 is 27.5. The molecule has 0 unspecified atom stereocenters. The van der Waals surface area contributed by atoms with E-state index in [1.165, 1.54) is 0 Å². The Labute approximate surface area is 722 Å². The number of rotatable bonds is 8. The number of hydrogen-bond donors (Lipinski definition) is 6. The van der Waals surface area contributed by atoms with Crippen LogP contribution in [0.3, 0.4) is 0 Å². The van der Waals surface area contributed by atoms with E-state index in [1.807, 2.05) is 36.4 Å². The highest BCUT2D eigenvalue weighted by Gasteiger charge is 2.34. The number of benzene rings is 11. The van der Waals surface area contributed by atoms with Crippen LogP contribution in [0.1, 0.15) is 311 Å². The SMILES string of the molecule is CC(C)(C)c1cc2c(O)c(c1)Cc1cc(C(C)(C)C)cc(c1O)Cc1cc(C(C)(C)C)cc(c1OCc1cc(-c3c4ccccc4c(-c4cc(COc5c6cc(C(C)(C)C)cc5Cc5cc(C(C)(C)C)cc(c5O)Cc5cc(C(C)(C)C)cc(c5O)Cc5cc(C(C)(C)C)cc(c5O)C6)on4)c4ccccc34)no1)Cc1cc(C(C)(C)C)cc(c1O)C2. The van der Waals surface area contributed by atoms with E-state index in [0.29, 0.717) is 105 Å². The molecule has 12 heteroatoms.